The molecule has 1 aromatic heterocycles. The molecule has 1 heterocycles. The zero-order valence-electron chi connectivity index (χ0n) is 16.6. The number of furan rings is 1. The minimum atomic E-state index is -3.94. The summed E-state index contributed by atoms with van der Waals surface area (Å²) in [5, 5.41) is -1.22. The van der Waals surface area contributed by atoms with Gasteiger partial charge in [0.2, 0.25) is 10.0 Å². The Balaban J connectivity index is 1.86. The molecular weight excluding hydrogens is 426 g/mol. The van der Waals surface area contributed by atoms with Crippen molar-refractivity contribution in [1.29, 1.82) is 0 Å². The van der Waals surface area contributed by atoms with Crippen LogP contribution in [0.1, 0.15) is 23.5 Å². The first-order valence-corrected chi connectivity index (χ1v) is 12.3. The molecule has 0 unspecified atom stereocenters. The Morgan fingerprint density at radius 3 is 2.13 bits per heavy atom. The second kappa shape index (κ2) is 9.03. The van der Waals surface area contributed by atoms with E-state index in [0.717, 1.165) is 5.56 Å². The van der Waals surface area contributed by atoms with Crippen LogP contribution in [-0.2, 0) is 19.9 Å². The molecular formula is C21H23NO6S2. The van der Waals surface area contributed by atoms with E-state index in [1.54, 1.807) is 30.3 Å². The van der Waals surface area contributed by atoms with Crippen LogP contribution in [0.5, 0.6) is 5.75 Å². The first-order chi connectivity index (χ1) is 14.2. The Morgan fingerprint density at radius 1 is 0.933 bits per heavy atom. The second-order valence-corrected chi connectivity index (χ2v) is 10.5. The number of hydrogen-bond acceptors (Lipinski definition) is 6. The highest BCUT2D eigenvalue weighted by atomic mass is 32.2. The summed E-state index contributed by atoms with van der Waals surface area (Å²) < 4.78 is 64.8. The summed E-state index contributed by atoms with van der Waals surface area (Å²) in [6, 6.07) is 15.4. The van der Waals surface area contributed by atoms with Crippen molar-refractivity contribution in [3.63, 3.8) is 0 Å². The third-order valence-corrected chi connectivity index (χ3v) is 8.01. The van der Waals surface area contributed by atoms with E-state index in [1.165, 1.54) is 36.6 Å². The Bertz CT molecular complexity index is 1170. The molecule has 0 aliphatic carbocycles. The van der Waals surface area contributed by atoms with Crippen molar-refractivity contribution in [2.75, 3.05) is 13.2 Å². The molecule has 1 atom stereocenters. The third-order valence-electron chi connectivity index (χ3n) is 4.49. The zero-order chi connectivity index (χ0) is 21.8. The predicted octanol–water partition coefficient (Wildman–Crippen LogP) is 3.48. The van der Waals surface area contributed by atoms with Gasteiger partial charge in [0.25, 0.3) is 0 Å². The van der Waals surface area contributed by atoms with E-state index in [4.69, 9.17) is 9.15 Å². The van der Waals surface area contributed by atoms with E-state index >= 15 is 0 Å². The van der Waals surface area contributed by atoms with Crippen molar-refractivity contribution in [3.05, 3.63) is 78.3 Å². The normalized spacial score (nSPS) is 13.1. The molecule has 160 valence electrons. The molecule has 0 aliphatic heterocycles. The lowest BCUT2D eigenvalue weighted by Crippen LogP contribution is -2.31. The molecule has 0 spiro atoms. The fourth-order valence-corrected chi connectivity index (χ4v) is 5.62. The lowest BCUT2D eigenvalue weighted by Gasteiger charge is -2.17. The van der Waals surface area contributed by atoms with E-state index in [9.17, 15) is 16.8 Å². The van der Waals surface area contributed by atoms with Crippen molar-refractivity contribution < 1.29 is 26.0 Å². The molecule has 30 heavy (non-hydrogen) atoms. The van der Waals surface area contributed by atoms with Crippen LogP contribution in [0.4, 0.5) is 0 Å². The Kier molecular flexibility index (Phi) is 6.64. The van der Waals surface area contributed by atoms with E-state index < -0.39 is 25.1 Å². The minimum absolute atomic E-state index is 0.0110. The summed E-state index contributed by atoms with van der Waals surface area (Å²) in [5.74, 6) is 0.705. The highest BCUT2D eigenvalue weighted by Crippen LogP contribution is 2.29. The summed E-state index contributed by atoms with van der Waals surface area (Å²) in [6.45, 7) is 3.77. The van der Waals surface area contributed by atoms with Gasteiger partial charge in [0.05, 0.1) is 22.7 Å². The van der Waals surface area contributed by atoms with Crippen LogP contribution < -0.4 is 9.46 Å². The number of aryl methyl sites for hydroxylation is 1. The average molecular weight is 450 g/mol. The number of sulfonamides is 1. The number of sulfone groups is 1. The summed E-state index contributed by atoms with van der Waals surface area (Å²) in [5.41, 5.74) is 0.916. The lowest BCUT2D eigenvalue weighted by atomic mass is 10.2. The molecule has 9 heteroatoms. The van der Waals surface area contributed by atoms with Gasteiger partial charge in [0.1, 0.15) is 16.8 Å². The van der Waals surface area contributed by atoms with Crippen molar-refractivity contribution >= 4 is 19.9 Å². The van der Waals surface area contributed by atoms with Crippen molar-refractivity contribution in [2.24, 2.45) is 0 Å². The van der Waals surface area contributed by atoms with Gasteiger partial charge in [-0.1, -0.05) is 17.7 Å². The maximum atomic E-state index is 13.2. The monoisotopic (exact) mass is 449 g/mol. The summed E-state index contributed by atoms with van der Waals surface area (Å²) in [4.78, 5) is 0.103. The molecule has 0 aliphatic rings. The maximum Gasteiger partial charge on any atom is 0.240 e. The molecule has 3 rings (SSSR count). The van der Waals surface area contributed by atoms with Crippen LogP contribution >= 0.6 is 0 Å². The van der Waals surface area contributed by atoms with E-state index in [0.29, 0.717) is 12.4 Å². The molecule has 0 bridgehead atoms. The van der Waals surface area contributed by atoms with Crippen LogP contribution in [0.25, 0.3) is 0 Å². The topological polar surface area (TPSA) is 103 Å². The SMILES string of the molecule is CCOc1ccc(S(=O)(=O)NC[C@@H](c2ccco2)S(=O)(=O)c2ccc(C)cc2)cc1. The fraction of sp³-hybridized carbons (Fsp3) is 0.238. The van der Waals surface area contributed by atoms with Crippen molar-refractivity contribution in [1.82, 2.24) is 4.72 Å². The van der Waals surface area contributed by atoms with E-state index in [1.807, 2.05) is 13.8 Å². The quantitative estimate of drug-likeness (QED) is 0.537. The van der Waals surface area contributed by atoms with Gasteiger partial charge >= 0.3 is 0 Å². The molecule has 2 aromatic carbocycles. The van der Waals surface area contributed by atoms with Gasteiger partial charge in [0.15, 0.2) is 9.84 Å². The van der Waals surface area contributed by atoms with Crippen LogP contribution in [0.2, 0.25) is 0 Å². The van der Waals surface area contributed by atoms with Crippen LogP contribution in [0.3, 0.4) is 0 Å². The Hall–Kier alpha value is -2.62. The number of hydrogen-bond donors (Lipinski definition) is 1. The molecule has 0 radical (unpaired) electrons. The van der Waals surface area contributed by atoms with Gasteiger partial charge < -0.3 is 9.15 Å². The summed E-state index contributed by atoms with van der Waals surface area (Å²) in [7, 11) is -7.84. The van der Waals surface area contributed by atoms with Crippen LogP contribution in [0, 0.1) is 6.92 Å². The van der Waals surface area contributed by atoms with E-state index in [2.05, 4.69) is 4.72 Å². The van der Waals surface area contributed by atoms with Gasteiger partial charge in [-0.05, 0) is 62.4 Å². The summed E-state index contributed by atoms with van der Waals surface area (Å²) in [6.07, 6.45) is 1.36. The number of rotatable bonds is 9. The fourth-order valence-electron chi connectivity index (χ4n) is 2.88. The maximum absolute atomic E-state index is 13.2. The highest BCUT2D eigenvalue weighted by Gasteiger charge is 2.32. The smallest absolute Gasteiger partial charge is 0.240 e. The van der Waals surface area contributed by atoms with Gasteiger partial charge in [-0.15, -0.1) is 0 Å². The first kappa shape index (κ1) is 22.1. The van der Waals surface area contributed by atoms with Gasteiger partial charge in [-0.2, -0.15) is 0 Å². The Labute approximate surface area is 176 Å². The van der Waals surface area contributed by atoms with Crippen molar-refractivity contribution in [3.8, 4) is 5.75 Å². The Morgan fingerprint density at radius 2 is 1.57 bits per heavy atom. The minimum Gasteiger partial charge on any atom is -0.494 e. The number of benzene rings is 2. The van der Waals surface area contributed by atoms with Gasteiger partial charge in [-0.3, -0.25) is 0 Å². The average Bonchev–Trinajstić information content (AvgIpc) is 3.23. The highest BCUT2D eigenvalue weighted by molar-refractivity contribution is 7.92. The largest absolute Gasteiger partial charge is 0.494 e. The number of nitrogens with one attached hydrogen (secondary N) is 1. The molecule has 0 amide bonds. The molecule has 1 N–H and O–H groups in total. The van der Waals surface area contributed by atoms with Gasteiger partial charge in [0, 0.05) is 6.54 Å². The van der Waals surface area contributed by atoms with Crippen LogP contribution in [-0.4, -0.2) is 30.0 Å². The molecule has 0 fully saturated rings. The molecule has 0 saturated heterocycles. The first-order valence-electron chi connectivity index (χ1n) is 9.30. The van der Waals surface area contributed by atoms with Crippen LogP contribution in [0.15, 0.2) is 81.1 Å². The van der Waals surface area contributed by atoms with Gasteiger partial charge in [-0.25, -0.2) is 21.6 Å². The predicted molar refractivity (Wildman–Crippen MR) is 113 cm³/mol. The molecule has 0 saturated carbocycles. The number of ether oxygens (including phenoxy) is 1. The molecule has 7 nitrogen and oxygen atoms in total. The zero-order valence-corrected chi connectivity index (χ0v) is 18.2. The third kappa shape index (κ3) is 4.92. The standard InChI is InChI=1S/C21H23NO6S2/c1-3-27-17-8-12-19(13-9-17)30(25,26)22-15-21(20-5-4-14-28-20)29(23,24)18-10-6-16(2)7-11-18/h4-14,21-22H,3,15H2,1-2H3/t21-/m0/s1. The second-order valence-electron chi connectivity index (χ2n) is 6.62. The summed E-state index contributed by atoms with van der Waals surface area (Å²) >= 11 is 0. The van der Waals surface area contributed by atoms with E-state index in [-0.39, 0.29) is 22.1 Å². The molecule has 3 aromatic rings. The van der Waals surface area contributed by atoms with Crippen molar-refractivity contribution in [2.45, 2.75) is 28.9 Å². The lowest BCUT2D eigenvalue weighted by molar-refractivity contribution is 0.340.